The van der Waals surface area contributed by atoms with Gasteiger partial charge in [-0.2, -0.15) is 4.98 Å². The van der Waals surface area contributed by atoms with Gasteiger partial charge in [0.1, 0.15) is 11.9 Å². The van der Waals surface area contributed by atoms with E-state index in [1.165, 1.54) is 0 Å². The van der Waals surface area contributed by atoms with E-state index in [-0.39, 0.29) is 23.0 Å². The molecule has 1 amide bonds. The maximum absolute atomic E-state index is 12.8. The quantitative estimate of drug-likeness (QED) is 0.941. The Morgan fingerprint density at radius 2 is 2.32 bits per heavy atom. The number of rotatable bonds is 3. The van der Waals surface area contributed by atoms with E-state index in [0.717, 1.165) is 36.3 Å². The number of aromatic nitrogens is 2. The van der Waals surface area contributed by atoms with Crippen LogP contribution in [0.25, 0.3) is 0 Å². The first-order valence-electron chi connectivity index (χ1n) is 7.17. The second-order valence-electron chi connectivity index (χ2n) is 5.17. The highest BCUT2D eigenvalue weighted by Gasteiger charge is 2.30. The van der Waals surface area contributed by atoms with Crippen LogP contribution in [0.1, 0.15) is 35.4 Å². The molecule has 1 fully saturated rings. The Bertz CT molecular complexity index is 650. The van der Waals surface area contributed by atoms with Crippen LogP contribution >= 0.6 is 11.3 Å². The van der Waals surface area contributed by atoms with E-state index in [1.807, 2.05) is 19.1 Å². The molecule has 3 rings (SSSR count). The van der Waals surface area contributed by atoms with Crippen molar-refractivity contribution >= 4 is 22.9 Å². The Balaban J connectivity index is 1.94. The number of aryl methyl sites for hydroxylation is 1. The van der Waals surface area contributed by atoms with Crippen molar-refractivity contribution in [1.82, 2.24) is 9.97 Å². The molecule has 0 aliphatic carbocycles. The molecule has 2 aromatic heterocycles. The Kier molecular flexibility index (Phi) is 4.35. The fourth-order valence-electron chi connectivity index (χ4n) is 2.43. The minimum absolute atomic E-state index is 0.116. The second kappa shape index (κ2) is 6.41. The van der Waals surface area contributed by atoms with Crippen LogP contribution in [0.15, 0.2) is 23.7 Å². The molecular weight excluding hydrogens is 302 g/mol. The first-order chi connectivity index (χ1) is 10.6. The smallest absolute Gasteiger partial charge is 0.280 e. The van der Waals surface area contributed by atoms with E-state index >= 15 is 0 Å². The highest BCUT2D eigenvalue weighted by atomic mass is 32.1. The average Bonchev–Trinajstić information content (AvgIpc) is 2.97. The van der Waals surface area contributed by atoms with Gasteiger partial charge in [0.2, 0.25) is 0 Å². The van der Waals surface area contributed by atoms with Crippen molar-refractivity contribution in [3.8, 4) is 5.19 Å². The molecule has 3 heterocycles. The van der Waals surface area contributed by atoms with Crippen LogP contribution in [0.5, 0.6) is 5.19 Å². The molecule has 0 spiro atoms. The summed E-state index contributed by atoms with van der Waals surface area (Å²) >= 11 is 1.03. The molecule has 0 radical (unpaired) electrons. The Hall–Kier alpha value is -1.99. The topological polar surface area (TPSA) is 75.6 Å². The Morgan fingerprint density at radius 1 is 1.45 bits per heavy atom. The van der Waals surface area contributed by atoms with Crippen LogP contribution < -0.4 is 4.90 Å². The number of aromatic hydroxyl groups is 1. The van der Waals surface area contributed by atoms with Crippen LogP contribution in [0.3, 0.4) is 0 Å². The Morgan fingerprint density at radius 3 is 2.91 bits per heavy atom. The summed E-state index contributed by atoms with van der Waals surface area (Å²) in [5, 5.41) is 10.8. The van der Waals surface area contributed by atoms with E-state index in [2.05, 4.69) is 9.97 Å². The van der Waals surface area contributed by atoms with Gasteiger partial charge in [-0.25, -0.2) is 0 Å². The van der Waals surface area contributed by atoms with Crippen LogP contribution in [0, 0.1) is 6.92 Å². The molecule has 1 saturated heterocycles. The zero-order chi connectivity index (χ0) is 15.5. The fourth-order valence-corrected chi connectivity index (χ4v) is 2.95. The predicted octanol–water partition coefficient (Wildman–Crippen LogP) is 2.73. The van der Waals surface area contributed by atoms with Gasteiger partial charge in [0.25, 0.3) is 11.1 Å². The second-order valence-corrected chi connectivity index (χ2v) is 6.01. The molecule has 116 valence electrons. The highest BCUT2D eigenvalue weighted by Crippen LogP contribution is 2.26. The van der Waals surface area contributed by atoms with Crippen molar-refractivity contribution in [2.45, 2.75) is 32.4 Å². The number of amides is 1. The van der Waals surface area contributed by atoms with Gasteiger partial charge in [-0.15, -0.1) is 0 Å². The first-order valence-corrected chi connectivity index (χ1v) is 8.05. The molecule has 0 aromatic carbocycles. The van der Waals surface area contributed by atoms with Crippen LogP contribution in [-0.2, 0) is 4.74 Å². The number of anilines is 1. The normalized spacial score (nSPS) is 18.1. The zero-order valence-electron chi connectivity index (χ0n) is 12.2. The molecule has 1 unspecified atom stereocenters. The molecule has 1 aliphatic rings. The van der Waals surface area contributed by atoms with E-state index in [4.69, 9.17) is 4.74 Å². The summed E-state index contributed by atoms with van der Waals surface area (Å²) in [4.78, 5) is 22.5. The minimum Gasteiger partial charge on any atom is -0.486 e. The van der Waals surface area contributed by atoms with Crippen molar-refractivity contribution < 1.29 is 14.6 Å². The van der Waals surface area contributed by atoms with Gasteiger partial charge >= 0.3 is 0 Å². The van der Waals surface area contributed by atoms with Crippen molar-refractivity contribution in [2.24, 2.45) is 0 Å². The monoisotopic (exact) mass is 319 g/mol. The van der Waals surface area contributed by atoms with E-state index in [9.17, 15) is 9.90 Å². The van der Waals surface area contributed by atoms with Gasteiger partial charge < -0.3 is 9.84 Å². The summed E-state index contributed by atoms with van der Waals surface area (Å²) in [6.45, 7) is 2.53. The van der Waals surface area contributed by atoms with Crippen LogP contribution in [0.4, 0.5) is 5.69 Å². The predicted molar refractivity (Wildman–Crippen MR) is 83.2 cm³/mol. The van der Waals surface area contributed by atoms with Gasteiger partial charge in [-0.1, -0.05) is 11.3 Å². The van der Waals surface area contributed by atoms with Crippen molar-refractivity contribution in [1.29, 1.82) is 0 Å². The van der Waals surface area contributed by atoms with Gasteiger partial charge in [0, 0.05) is 17.7 Å². The lowest BCUT2D eigenvalue weighted by Gasteiger charge is -2.33. The molecule has 7 heteroatoms. The lowest BCUT2D eigenvalue weighted by atomic mass is 10.1. The maximum atomic E-state index is 12.8. The number of carbonyl (C=O) groups is 1. The number of hydrogen-bond donors (Lipinski definition) is 1. The molecule has 22 heavy (non-hydrogen) atoms. The number of pyridine rings is 1. The van der Waals surface area contributed by atoms with E-state index in [0.29, 0.717) is 12.3 Å². The largest absolute Gasteiger partial charge is 0.486 e. The van der Waals surface area contributed by atoms with E-state index in [1.54, 1.807) is 16.5 Å². The summed E-state index contributed by atoms with van der Waals surface area (Å²) < 4.78 is 5.76. The summed E-state index contributed by atoms with van der Waals surface area (Å²) in [7, 11) is 0. The third-order valence-electron chi connectivity index (χ3n) is 3.55. The minimum atomic E-state index is -0.324. The third kappa shape index (κ3) is 3.10. The van der Waals surface area contributed by atoms with Crippen molar-refractivity contribution in [3.05, 3.63) is 35.1 Å². The summed E-state index contributed by atoms with van der Waals surface area (Å²) in [6.07, 6.45) is 4.13. The van der Waals surface area contributed by atoms with E-state index < -0.39 is 0 Å². The summed E-state index contributed by atoms with van der Waals surface area (Å²) in [6, 6.07) is 3.71. The molecule has 0 saturated carbocycles. The Labute approximate surface area is 132 Å². The highest BCUT2D eigenvalue weighted by molar-refractivity contribution is 7.11. The van der Waals surface area contributed by atoms with Gasteiger partial charge in [0.05, 0.1) is 11.9 Å². The van der Waals surface area contributed by atoms with Crippen molar-refractivity contribution in [3.63, 3.8) is 0 Å². The summed E-state index contributed by atoms with van der Waals surface area (Å²) in [5.41, 5.74) is 1.78. The summed E-state index contributed by atoms with van der Waals surface area (Å²) in [5.74, 6) is -0.283. The molecule has 6 nitrogen and oxygen atoms in total. The maximum Gasteiger partial charge on any atom is 0.280 e. The average molecular weight is 319 g/mol. The van der Waals surface area contributed by atoms with Gasteiger partial charge in [-0.3, -0.25) is 14.7 Å². The molecule has 0 bridgehead atoms. The third-order valence-corrected chi connectivity index (χ3v) is 4.19. The molecule has 1 atom stereocenters. The lowest BCUT2D eigenvalue weighted by molar-refractivity contribution is 0.0143. The van der Waals surface area contributed by atoms with Gasteiger partial charge in [0.15, 0.2) is 0 Å². The van der Waals surface area contributed by atoms with Gasteiger partial charge in [-0.05, 0) is 38.3 Å². The fraction of sp³-hybridized carbons (Fsp3) is 0.400. The van der Waals surface area contributed by atoms with Crippen LogP contribution in [0.2, 0.25) is 0 Å². The zero-order valence-corrected chi connectivity index (χ0v) is 13.0. The van der Waals surface area contributed by atoms with Crippen molar-refractivity contribution in [2.75, 3.05) is 11.5 Å². The number of thiazole rings is 1. The molecular formula is C15H17N3O3S. The number of ether oxygens (including phenoxy) is 1. The first kappa shape index (κ1) is 14.9. The molecule has 1 aliphatic heterocycles. The number of nitrogens with zero attached hydrogens (tertiary/aromatic N) is 3. The molecule has 1 N–H and O–H groups in total. The molecule has 2 aromatic rings. The standard InChI is InChI=1S/C15H17N3O3S/c1-10-5-6-11(8-16-10)18(13-4-2-3-7-21-13)14(19)12-9-22-15(20)17-12/h5-6,8-9,13H,2-4,7H2,1H3,(H,17,20). The number of carbonyl (C=O) groups excluding carboxylic acids is 1. The number of hydrogen-bond acceptors (Lipinski definition) is 6. The SMILES string of the molecule is Cc1ccc(N(C(=O)c2csc(O)n2)C2CCCCO2)cn1. The van der Waals surface area contributed by atoms with Crippen LogP contribution in [-0.4, -0.2) is 33.8 Å². The lowest BCUT2D eigenvalue weighted by Crippen LogP contribution is -2.44.